The number of nitrogens with zero attached hydrogens (tertiary/aromatic N) is 4. The van der Waals surface area contributed by atoms with Crippen LogP contribution in [-0.2, 0) is 6.54 Å². The van der Waals surface area contributed by atoms with Gasteiger partial charge in [0, 0.05) is 30.6 Å². The van der Waals surface area contributed by atoms with Crippen LogP contribution in [0.3, 0.4) is 0 Å². The van der Waals surface area contributed by atoms with Crippen LogP contribution in [0.5, 0.6) is 5.75 Å². The van der Waals surface area contributed by atoms with Crippen molar-refractivity contribution in [2.45, 2.75) is 31.7 Å². The smallest absolute Gasteiger partial charge is 0.154 e. The third-order valence-electron chi connectivity index (χ3n) is 3.14. The summed E-state index contributed by atoms with van der Waals surface area (Å²) >= 11 is 0. The molecule has 1 aromatic heterocycles. The van der Waals surface area contributed by atoms with Crippen LogP contribution in [0.15, 0.2) is 24.3 Å². The Kier molecular flexibility index (Phi) is 3.31. The van der Waals surface area contributed by atoms with Gasteiger partial charge in [-0.05, 0) is 35.4 Å². The predicted octanol–water partition coefficient (Wildman–Crippen LogP) is 1.60. The van der Waals surface area contributed by atoms with Crippen molar-refractivity contribution in [2.24, 2.45) is 0 Å². The van der Waals surface area contributed by atoms with Gasteiger partial charge in [-0.15, -0.1) is 5.10 Å². The lowest BCUT2D eigenvalue weighted by Crippen LogP contribution is -2.09. The highest BCUT2D eigenvalue weighted by Crippen LogP contribution is 2.38. The molecule has 0 unspecified atom stereocenters. The Balaban J connectivity index is 1.46. The zero-order chi connectivity index (χ0) is 13.1. The fourth-order valence-corrected chi connectivity index (χ4v) is 2.01. The van der Waals surface area contributed by atoms with Crippen molar-refractivity contribution in [3.05, 3.63) is 30.1 Å². The van der Waals surface area contributed by atoms with Crippen LogP contribution < -0.4 is 10.5 Å². The Morgan fingerprint density at radius 1 is 1.37 bits per heavy atom. The molecule has 0 saturated heterocycles. The van der Waals surface area contributed by atoms with Crippen molar-refractivity contribution >= 4 is 5.69 Å². The van der Waals surface area contributed by atoms with E-state index in [-0.39, 0.29) is 0 Å². The minimum absolute atomic E-state index is 0.574. The average molecular weight is 259 g/mol. The SMILES string of the molecule is Nc1cccc(OCCCn2nnnc2C2CC2)c1. The van der Waals surface area contributed by atoms with Gasteiger partial charge in [0.2, 0.25) is 0 Å². The molecular weight excluding hydrogens is 242 g/mol. The van der Waals surface area contributed by atoms with E-state index in [2.05, 4.69) is 15.5 Å². The molecule has 0 atom stereocenters. The van der Waals surface area contributed by atoms with E-state index in [4.69, 9.17) is 10.5 Å². The molecule has 0 spiro atoms. The largest absolute Gasteiger partial charge is 0.493 e. The van der Waals surface area contributed by atoms with Crippen molar-refractivity contribution in [3.63, 3.8) is 0 Å². The molecule has 1 aromatic carbocycles. The minimum atomic E-state index is 0.574. The van der Waals surface area contributed by atoms with Gasteiger partial charge < -0.3 is 10.5 Å². The van der Waals surface area contributed by atoms with E-state index in [1.54, 1.807) is 0 Å². The number of benzene rings is 1. The quantitative estimate of drug-likeness (QED) is 0.629. The van der Waals surface area contributed by atoms with Crippen LogP contribution >= 0.6 is 0 Å². The van der Waals surface area contributed by atoms with Crippen molar-refractivity contribution in [1.29, 1.82) is 0 Å². The van der Waals surface area contributed by atoms with E-state index >= 15 is 0 Å². The Morgan fingerprint density at radius 3 is 3.05 bits per heavy atom. The lowest BCUT2D eigenvalue weighted by atomic mass is 10.3. The summed E-state index contributed by atoms with van der Waals surface area (Å²) in [5.74, 6) is 2.40. The Labute approximate surface area is 111 Å². The van der Waals surface area contributed by atoms with Crippen LogP contribution in [0.2, 0.25) is 0 Å². The minimum Gasteiger partial charge on any atom is -0.493 e. The van der Waals surface area contributed by atoms with Gasteiger partial charge in [-0.1, -0.05) is 6.07 Å². The maximum absolute atomic E-state index is 5.69. The van der Waals surface area contributed by atoms with Crippen LogP contribution in [0, 0.1) is 0 Å². The second kappa shape index (κ2) is 5.26. The number of hydrogen-bond acceptors (Lipinski definition) is 5. The van der Waals surface area contributed by atoms with Gasteiger partial charge in [-0.2, -0.15) is 0 Å². The third-order valence-corrected chi connectivity index (χ3v) is 3.14. The molecule has 2 aromatic rings. The molecule has 1 heterocycles. The molecule has 1 saturated carbocycles. The van der Waals surface area contributed by atoms with Crippen LogP contribution in [0.25, 0.3) is 0 Å². The van der Waals surface area contributed by atoms with E-state index in [1.165, 1.54) is 12.8 Å². The Hall–Kier alpha value is -2.11. The molecule has 3 rings (SSSR count). The Morgan fingerprint density at radius 2 is 2.26 bits per heavy atom. The standard InChI is InChI=1S/C13H17N5O/c14-11-3-1-4-12(9-11)19-8-2-7-18-13(10-5-6-10)15-16-17-18/h1,3-4,9-10H,2,5-8,14H2. The lowest BCUT2D eigenvalue weighted by molar-refractivity contribution is 0.297. The summed E-state index contributed by atoms with van der Waals surface area (Å²) in [4.78, 5) is 0. The average Bonchev–Trinajstić information content (AvgIpc) is 3.14. The molecule has 1 aliphatic carbocycles. The summed E-state index contributed by atoms with van der Waals surface area (Å²) in [6, 6.07) is 7.46. The molecule has 0 amide bonds. The highest BCUT2D eigenvalue weighted by Gasteiger charge is 2.29. The topological polar surface area (TPSA) is 78.9 Å². The highest BCUT2D eigenvalue weighted by atomic mass is 16.5. The maximum atomic E-state index is 5.69. The summed E-state index contributed by atoms with van der Waals surface area (Å²) in [6.07, 6.45) is 3.29. The summed E-state index contributed by atoms with van der Waals surface area (Å²) < 4.78 is 7.53. The van der Waals surface area contributed by atoms with Gasteiger partial charge in [0.15, 0.2) is 5.82 Å². The van der Waals surface area contributed by atoms with Gasteiger partial charge in [0.1, 0.15) is 5.75 Å². The molecule has 1 aliphatic rings. The molecule has 0 radical (unpaired) electrons. The first-order valence-electron chi connectivity index (χ1n) is 6.57. The van der Waals surface area contributed by atoms with Crippen molar-refractivity contribution in [2.75, 3.05) is 12.3 Å². The number of aromatic nitrogens is 4. The van der Waals surface area contributed by atoms with E-state index in [0.29, 0.717) is 18.2 Å². The van der Waals surface area contributed by atoms with Crippen LogP contribution in [0.1, 0.15) is 31.0 Å². The summed E-state index contributed by atoms with van der Waals surface area (Å²) in [6.45, 7) is 1.43. The molecular formula is C13H17N5O. The third kappa shape index (κ3) is 3.01. The number of ether oxygens (including phenoxy) is 1. The van der Waals surface area contributed by atoms with Gasteiger partial charge in [-0.25, -0.2) is 4.68 Å². The fourth-order valence-electron chi connectivity index (χ4n) is 2.01. The number of nitrogens with two attached hydrogens (primary N) is 1. The second-order valence-corrected chi connectivity index (χ2v) is 4.81. The Bertz CT molecular complexity index is 549. The molecule has 2 N–H and O–H groups in total. The normalized spacial score (nSPS) is 14.5. The van der Waals surface area contributed by atoms with Crippen LogP contribution in [0.4, 0.5) is 5.69 Å². The number of anilines is 1. The van der Waals surface area contributed by atoms with Crippen molar-refractivity contribution < 1.29 is 4.74 Å². The zero-order valence-corrected chi connectivity index (χ0v) is 10.7. The second-order valence-electron chi connectivity index (χ2n) is 4.81. The molecule has 19 heavy (non-hydrogen) atoms. The number of tetrazole rings is 1. The summed E-state index contributed by atoms with van der Waals surface area (Å²) in [5, 5.41) is 11.8. The fraction of sp³-hybridized carbons (Fsp3) is 0.462. The van der Waals surface area contributed by atoms with E-state index in [1.807, 2.05) is 28.9 Å². The first kappa shape index (κ1) is 12.0. The van der Waals surface area contributed by atoms with Crippen LogP contribution in [-0.4, -0.2) is 26.8 Å². The monoisotopic (exact) mass is 259 g/mol. The molecule has 1 fully saturated rings. The van der Waals surface area contributed by atoms with E-state index in [0.717, 1.165) is 24.5 Å². The van der Waals surface area contributed by atoms with Gasteiger partial charge in [0.25, 0.3) is 0 Å². The van der Waals surface area contributed by atoms with Gasteiger partial charge in [0.05, 0.1) is 6.61 Å². The summed E-state index contributed by atoms with van der Waals surface area (Å²) in [7, 11) is 0. The maximum Gasteiger partial charge on any atom is 0.154 e. The molecule has 6 nitrogen and oxygen atoms in total. The summed E-state index contributed by atoms with van der Waals surface area (Å²) in [5.41, 5.74) is 6.41. The highest BCUT2D eigenvalue weighted by molar-refractivity contribution is 5.43. The zero-order valence-electron chi connectivity index (χ0n) is 10.7. The van der Waals surface area contributed by atoms with Crippen molar-refractivity contribution in [1.82, 2.24) is 20.2 Å². The van der Waals surface area contributed by atoms with Gasteiger partial charge >= 0.3 is 0 Å². The van der Waals surface area contributed by atoms with E-state index < -0.39 is 0 Å². The number of nitrogen functional groups attached to an aromatic ring is 1. The number of rotatable bonds is 6. The molecule has 100 valence electrons. The molecule has 6 heteroatoms. The van der Waals surface area contributed by atoms with Crippen molar-refractivity contribution in [3.8, 4) is 5.75 Å². The number of aryl methyl sites for hydroxylation is 1. The van der Waals surface area contributed by atoms with Gasteiger partial charge in [-0.3, -0.25) is 0 Å². The first-order chi connectivity index (χ1) is 9.33. The molecule has 0 bridgehead atoms. The van der Waals surface area contributed by atoms with E-state index in [9.17, 15) is 0 Å². The first-order valence-corrected chi connectivity index (χ1v) is 6.57. The lowest BCUT2D eigenvalue weighted by Gasteiger charge is -2.07. The number of hydrogen-bond donors (Lipinski definition) is 1. The predicted molar refractivity (Wildman–Crippen MR) is 70.8 cm³/mol. The molecule has 0 aliphatic heterocycles.